The fraction of sp³-hybridized carbons (Fsp3) is 0.438. The summed E-state index contributed by atoms with van der Waals surface area (Å²) in [6.07, 6.45) is 2.09. The minimum atomic E-state index is -0.0224. The Balaban J connectivity index is 2.33. The van der Waals surface area contributed by atoms with E-state index in [1.165, 1.54) is 22.3 Å². The topological polar surface area (TPSA) is 7.60 Å². The summed E-state index contributed by atoms with van der Waals surface area (Å²) >= 11 is 0. The molecule has 0 N–H and O–H groups in total. The van der Waals surface area contributed by atoms with E-state index >= 15 is 0 Å². The second-order valence-electron chi connectivity index (χ2n) is 5.21. The van der Waals surface area contributed by atoms with E-state index in [0.717, 1.165) is 19.4 Å². The third kappa shape index (κ3) is 2.47. The van der Waals surface area contributed by atoms with Crippen molar-refractivity contribution in [3.05, 3.63) is 52.4 Å². The fourth-order valence-corrected chi connectivity index (χ4v) is 2.62. The van der Waals surface area contributed by atoms with Crippen molar-refractivity contribution >= 4 is 5.57 Å². The number of benzene rings is 1. The van der Waals surface area contributed by atoms with Gasteiger partial charge in [0.2, 0.25) is 6.04 Å². The van der Waals surface area contributed by atoms with Crippen LogP contribution in [0.1, 0.15) is 24.5 Å². The molecule has 0 saturated heterocycles. The van der Waals surface area contributed by atoms with Gasteiger partial charge in [-0.15, -0.1) is 0 Å². The van der Waals surface area contributed by atoms with Gasteiger partial charge >= 0.3 is 0 Å². The molecule has 0 bridgehead atoms. The zero-order chi connectivity index (χ0) is 13.1. The van der Waals surface area contributed by atoms with Crippen LogP contribution >= 0.6 is 0 Å². The highest BCUT2D eigenvalue weighted by Crippen LogP contribution is 2.37. The van der Waals surface area contributed by atoms with Gasteiger partial charge in [-0.05, 0) is 38.1 Å². The number of hydrogen-bond acceptors (Lipinski definition) is 1. The molecular formula is C16H20N2. The van der Waals surface area contributed by atoms with Crippen LogP contribution in [-0.2, 0) is 6.42 Å². The lowest BCUT2D eigenvalue weighted by atomic mass is 9.98. The molecule has 0 saturated carbocycles. The molecule has 0 amide bonds. The molecule has 1 aliphatic rings. The van der Waals surface area contributed by atoms with Crippen molar-refractivity contribution in [3.63, 3.8) is 0 Å². The maximum Gasteiger partial charge on any atom is 0.246 e. The molecule has 0 fully saturated rings. The Morgan fingerprint density at radius 2 is 2.06 bits per heavy atom. The van der Waals surface area contributed by atoms with E-state index in [4.69, 9.17) is 6.57 Å². The summed E-state index contributed by atoms with van der Waals surface area (Å²) in [4.78, 5) is 5.93. The SMILES string of the molecule is [C-]#[N+]C(C)C1=C(CCN(C)C)Cc2ccccc21. The van der Waals surface area contributed by atoms with Gasteiger partial charge in [-0.3, -0.25) is 0 Å². The van der Waals surface area contributed by atoms with Gasteiger partial charge in [-0.2, -0.15) is 0 Å². The van der Waals surface area contributed by atoms with Crippen LogP contribution in [0.3, 0.4) is 0 Å². The van der Waals surface area contributed by atoms with Crippen molar-refractivity contribution in [3.8, 4) is 0 Å². The number of nitrogens with zero attached hydrogens (tertiary/aromatic N) is 2. The van der Waals surface area contributed by atoms with Crippen LogP contribution in [0.25, 0.3) is 10.4 Å². The van der Waals surface area contributed by atoms with Crippen molar-refractivity contribution in [2.45, 2.75) is 25.8 Å². The van der Waals surface area contributed by atoms with Crippen LogP contribution in [0.4, 0.5) is 0 Å². The summed E-state index contributed by atoms with van der Waals surface area (Å²) in [5.41, 5.74) is 5.42. The Morgan fingerprint density at radius 3 is 2.72 bits per heavy atom. The molecule has 1 aromatic rings. The Hall–Kier alpha value is -1.59. The van der Waals surface area contributed by atoms with Crippen molar-refractivity contribution in [1.29, 1.82) is 0 Å². The highest BCUT2D eigenvalue weighted by molar-refractivity contribution is 5.80. The predicted molar refractivity (Wildman–Crippen MR) is 76.3 cm³/mol. The first-order valence-corrected chi connectivity index (χ1v) is 6.45. The molecule has 0 aromatic heterocycles. The number of hydrogen-bond donors (Lipinski definition) is 0. The lowest BCUT2D eigenvalue weighted by molar-refractivity contribution is 0.412. The highest BCUT2D eigenvalue weighted by Gasteiger charge is 2.27. The summed E-state index contributed by atoms with van der Waals surface area (Å²) in [7, 11) is 4.20. The third-order valence-corrected chi connectivity index (χ3v) is 3.56. The first-order valence-electron chi connectivity index (χ1n) is 6.45. The summed E-state index contributed by atoms with van der Waals surface area (Å²) in [5.74, 6) is 0. The molecule has 0 radical (unpaired) electrons. The van der Waals surface area contributed by atoms with E-state index in [2.05, 4.69) is 48.1 Å². The van der Waals surface area contributed by atoms with Crippen LogP contribution in [0.15, 0.2) is 29.8 Å². The van der Waals surface area contributed by atoms with Gasteiger partial charge in [-0.1, -0.05) is 29.8 Å². The summed E-state index contributed by atoms with van der Waals surface area (Å²) in [5, 5.41) is 0. The molecule has 94 valence electrons. The van der Waals surface area contributed by atoms with E-state index in [1.807, 2.05) is 6.92 Å². The van der Waals surface area contributed by atoms with E-state index in [1.54, 1.807) is 0 Å². The fourth-order valence-electron chi connectivity index (χ4n) is 2.62. The van der Waals surface area contributed by atoms with Gasteiger partial charge in [0.25, 0.3) is 0 Å². The maximum atomic E-state index is 7.30. The minimum absolute atomic E-state index is 0.0224. The molecule has 1 aromatic carbocycles. The first kappa shape index (κ1) is 12.9. The monoisotopic (exact) mass is 240 g/mol. The van der Waals surface area contributed by atoms with Crippen LogP contribution in [0.2, 0.25) is 0 Å². The first-order chi connectivity index (χ1) is 8.63. The molecule has 0 heterocycles. The summed E-state index contributed by atoms with van der Waals surface area (Å²) in [6, 6.07) is 8.49. The standard InChI is InChI=1S/C16H20N2/c1-12(17-2)16-14(9-10-18(3)4)11-13-7-5-6-8-15(13)16/h5-8,12H,9-11H2,1,3-4H3. The largest absolute Gasteiger partial charge is 0.309 e. The smallest absolute Gasteiger partial charge is 0.246 e. The molecule has 1 unspecified atom stereocenters. The van der Waals surface area contributed by atoms with Crippen LogP contribution in [0.5, 0.6) is 0 Å². The van der Waals surface area contributed by atoms with Gasteiger partial charge in [0, 0.05) is 19.0 Å². The second-order valence-corrected chi connectivity index (χ2v) is 5.21. The summed E-state index contributed by atoms with van der Waals surface area (Å²) in [6.45, 7) is 10.4. The molecule has 0 spiro atoms. The Labute approximate surface area is 110 Å². The zero-order valence-electron chi connectivity index (χ0n) is 11.4. The van der Waals surface area contributed by atoms with Gasteiger partial charge in [-0.25, -0.2) is 6.57 Å². The van der Waals surface area contributed by atoms with Gasteiger partial charge in [0.05, 0.1) is 0 Å². The van der Waals surface area contributed by atoms with Crippen LogP contribution in [0, 0.1) is 6.57 Å². The van der Waals surface area contributed by atoms with Gasteiger partial charge in [0.1, 0.15) is 0 Å². The Bertz CT molecular complexity index is 506. The third-order valence-electron chi connectivity index (χ3n) is 3.56. The van der Waals surface area contributed by atoms with Crippen LogP contribution in [-0.4, -0.2) is 31.6 Å². The van der Waals surface area contributed by atoms with Gasteiger partial charge in [0.15, 0.2) is 0 Å². The molecule has 0 aliphatic heterocycles. The predicted octanol–water partition coefficient (Wildman–Crippen LogP) is 3.26. The summed E-state index contributed by atoms with van der Waals surface area (Å²) < 4.78 is 0. The Kier molecular flexibility index (Phi) is 3.84. The van der Waals surface area contributed by atoms with E-state index in [-0.39, 0.29) is 6.04 Å². The van der Waals surface area contributed by atoms with E-state index in [0.29, 0.717) is 0 Å². The van der Waals surface area contributed by atoms with Gasteiger partial charge < -0.3 is 9.74 Å². The normalized spacial score (nSPS) is 15.7. The highest BCUT2D eigenvalue weighted by atomic mass is 15.0. The zero-order valence-corrected chi connectivity index (χ0v) is 11.4. The molecule has 2 rings (SSSR count). The van der Waals surface area contributed by atoms with Crippen LogP contribution < -0.4 is 0 Å². The van der Waals surface area contributed by atoms with Crippen molar-refractivity contribution in [2.75, 3.05) is 20.6 Å². The molecule has 2 nitrogen and oxygen atoms in total. The van der Waals surface area contributed by atoms with Crippen molar-refractivity contribution < 1.29 is 0 Å². The quantitative estimate of drug-likeness (QED) is 0.733. The molecule has 2 heteroatoms. The van der Waals surface area contributed by atoms with E-state index < -0.39 is 0 Å². The molecule has 18 heavy (non-hydrogen) atoms. The van der Waals surface area contributed by atoms with E-state index in [9.17, 15) is 0 Å². The minimum Gasteiger partial charge on any atom is -0.309 e. The molecule has 1 atom stereocenters. The lowest BCUT2D eigenvalue weighted by Gasteiger charge is -2.12. The average Bonchev–Trinajstić information content (AvgIpc) is 2.73. The second kappa shape index (κ2) is 5.37. The number of rotatable bonds is 4. The number of fused-ring (bicyclic) bond motifs is 1. The maximum absolute atomic E-state index is 7.30. The van der Waals surface area contributed by atoms with Crippen molar-refractivity contribution in [1.82, 2.24) is 4.90 Å². The Morgan fingerprint density at radius 1 is 1.33 bits per heavy atom. The average molecular weight is 240 g/mol. The molecule has 1 aliphatic carbocycles. The molecular weight excluding hydrogens is 220 g/mol. The lowest BCUT2D eigenvalue weighted by Crippen LogP contribution is -2.14. The van der Waals surface area contributed by atoms with Crippen molar-refractivity contribution in [2.24, 2.45) is 0 Å².